The van der Waals surface area contributed by atoms with Crippen LogP contribution in [0.3, 0.4) is 0 Å². The predicted molar refractivity (Wildman–Crippen MR) is 75.0 cm³/mol. The lowest BCUT2D eigenvalue weighted by molar-refractivity contribution is 0.0222. The Hall–Kier alpha value is -0.360. The summed E-state index contributed by atoms with van der Waals surface area (Å²) in [4.78, 5) is 0. The van der Waals surface area contributed by atoms with E-state index in [0.29, 0.717) is 39.6 Å². The Labute approximate surface area is 125 Å². The van der Waals surface area contributed by atoms with Gasteiger partial charge in [-0.2, -0.15) is 0 Å². The van der Waals surface area contributed by atoms with E-state index in [1.54, 1.807) is 0 Å². The van der Waals surface area contributed by atoms with Gasteiger partial charge in [-0.05, 0) is 0 Å². The SMILES string of the molecule is OCCO.OCCOCCO.OCCOCCOCCO. The Bertz CT molecular complexity index is 124. The molecule has 0 saturated heterocycles. The van der Waals surface area contributed by atoms with Crippen molar-refractivity contribution in [1.29, 1.82) is 0 Å². The van der Waals surface area contributed by atoms with Gasteiger partial charge in [0, 0.05) is 0 Å². The fourth-order valence-electron chi connectivity index (χ4n) is 0.682. The molecule has 0 atom stereocenters. The zero-order valence-electron chi connectivity index (χ0n) is 12.4. The Kier molecular flexibility index (Phi) is 38.8. The van der Waals surface area contributed by atoms with Crippen LogP contribution in [0.2, 0.25) is 0 Å². The van der Waals surface area contributed by atoms with Gasteiger partial charge in [-0.15, -0.1) is 0 Å². The maximum Gasteiger partial charge on any atom is 0.0701 e. The van der Waals surface area contributed by atoms with Crippen molar-refractivity contribution in [1.82, 2.24) is 0 Å². The molecule has 0 aliphatic heterocycles. The molecular formula is C12H30O9. The Balaban J connectivity index is -0.000000256. The van der Waals surface area contributed by atoms with E-state index < -0.39 is 0 Å². The molecule has 0 bridgehead atoms. The van der Waals surface area contributed by atoms with Gasteiger partial charge in [0.05, 0.1) is 79.3 Å². The molecule has 21 heavy (non-hydrogen) atoms. The summed E-state index contributed by atoms with van der Waals surface area (Å²) in [5.74, 6) is 0. The van der Waals surface area contributed by atoms with Crippen molar-refractivity contribution in [3.05, 3.63) is 0 Å². The molecule has 0 rings (SSSR count). The van der Waals surface area contributed by atoms with Crippen molar-refractivity contribution >= 4 is 0 Å². The molecule has 0 aliphatic carbocycles. The molecule has 0 aliphatic rings. The first-order valence-electron chi connectivity index (χ1n) is 6.63. The Morgan fingerprint density at radius 1 is 0.333 bits per heavy atom. The highest BCUT2D eigenvalue weighted by Gasteiger charge is 1.86. The first-order chi connectivity index (χ1) is 10.2. The van der Waals surface area contributed by atoms with Crippen LogP contribution in [0.25, 0.3) is 0 Å². The van der Waals surface area contributed by atoms with Gasteiger partial charge in [-0.3, -0.25) is 0 Å². The molecule has 0 unspecified atom stereocenters. The second-order valence-corrected chi connectivity index (χ2v) is 3.18. The smallest absolute Gasteiger partial charge is 0.0701 e. The van der Waals surface area contributed by atoms with Crippen molar-refractivity contribution in [3.63, 3.8) is 0 Å². The lowest BCUT2D eigenvalue weighted by Gasteiger charge is -2.01. The average molecular weight is 318 g/mol. The minimum absolute atomic E-state index is 0.0278. The predicted octanol–water partition coefficient (Wildman–Crippen LogP) is -3.04. The van der Waals surface area contributed by atoms with Crippen molar-refractivity contribution in [2.24, 2.45) is 0 Å². The van der Waals surface area contributed by atoms with Gasteiger partial charge in [0.1, 0.15) is 0 Å². The van der Waals surface area contributed by atoms with E-state index >= 15 is 0 Å². The summed E-state index contributed by atoms with van der Waals surface area (Å²) >= 11 is 0. The van der Waals surface area contributed by atoms with E-state index in [9.17, 15) is 0 Å². The van der Waals surface area contributed by atoms with Gasteiger partial charge in [0.2, 0.25) is 0 Å². The maximum absolute atomic E-state index is 8.26. The lowest BCUT2D eigenvalue weighted by Crippen LogP contribution is -2.09. The van der Waals surface area contributed by atoms with Crippen LogP contribution in [0.4, 0.5) is 0 Å². The van der Waals surface area contributed by atoms with Gasteiger partial charge in [0.15, 0.2) is 0 Å². The van der Waals surface area contributed by atoms with Crippen LogP contribution in [0.15, 0.2) is 0 Å². The summed E-state index contributed by atoms with van der Waals surface area (Å²) in [7, 11) is 0. The zero-order valence-corrected chi connectivity index (χ0v) is 12.4. The summed E-state index contributed by atoms with van der Waals surface area (Å²) in [5, 5.41) is 47.9. The molecule has 0 heterocycles. The zero-order chi connectivity index (χ0) is 16.6. The average Bonchev–Trinajstić information content (AvgIpc) is 2.52. The number of aliphatic hydroxyl groups is 6. The molecule has 6 N–H and O–H groups in total. The van der Waals surface area contributed by atoms with E-state index in [0.717, 1.165) is 0 Å². The van der Waals surface area contributed by atoms with E-state index in [1.807, 2.05) is 0 Å². The number of hydrogen-bond donors (Lipinski definition) is 6. The number of hydrogen-bond acceptors (Lipinski definition) is 9. The third kappa shape index (κ3) is 45.1. The topological polar surface area (TPSA) is 149 Å². The molecule has 0 aromatic rings. The van der Waals surface area contributed by atoms with Crippen LogP contribution in [0.1, 0.15) is 0 Å². The molecular weight excluding hydrogens is 288 g/mol. The molecule has 0 aromatic carbocycles. The van der Waals surface area contributed by atoms with Gasteiger partial charge >= 0.3 is 0 Å². The summed E-state index contributed by atoms with van der Waals surface area (Å²) in [6.07, 6.45) is 0. The molecule has 0 amide bonds. The summed E-state index contributed by atoms with van der Waals surface area (Å²) < 4.78 is 14.4. The van der Waals surface area contributed by atoms with E-state index in [-0.39, 0.29) is 39.6 Å². The summed E-state index contributed by atoms with van der Waals surface area (Å²) in [5.41, 5.74) is 0. The molecule has 9 heteroatoms. The molecule has 0 aromatic heterocycles. The van der Waals surface area contributed by atoms with Crippen LogP contribution in [0.5, 0.6) is 0 Å². The van der Waals surface area contributed by atoms with Crippen LogP contribution < -0.4 is 0 Å². The monoisotopic (exact) mass is 318 g/mol. The van der Waals surface area contributed by atoms with Crippen molar-refractivity contribution < 1.29 is 44.8 Å². The first-order valence-corrected chi connectivity index (χ1v) is 6.63. The molecule has 9 nitrogen and oxygen atoms in total. The largest absolute Gasteiger partial charge is 0.394 e. The molecule has 0 saturated carbocycles. The van der Waals surface area contributed by atoms with Crippen molar-refractivity contribution in [2.75, 3.05) is 79.3 Å². The highest BCUT2D eigenvalue weighted by Crippen LogP contribution is 1.76. The van der Waals surface area contributed by atoms with E-state index in [4.69, 9.17) is 40.1 Å². The minimum atomic E-state index is -0.125. The van der Waals surface area contributed by atoms with Gasteiger partial charge in [-0.1, -0.05) is 0 Å². The first kappa shape index (κ1) is 25.6. The molecule has 0 spiro atoms. The molecule has 0 fully saturated rings. The second kappa shape index (κ2) is 31.8. The fraction of sp³-hybridized carbons (Fsp3) is 1.00. The highest BCUT2D eigenvalue weighted by atomic mass is 16.5. The van der Waals surface area contributed by atoms with Crippen LogP contribution in [-0.2, 0) is 14.2 Å². The number of aliphatic hydroxyl groups excluding tert-OH is 6. The van der Waals surface area contributed by atoms with Crippen LogP contribution >= 0.6 is 0 Å². The second-order valence-electron chi connectivity index (χ2n) is 3.18. The van der Waals surface area contributed by atoms with Crippen molar-refractivity contribution in [3.8, 4) is 0 Å². The third-order valence-electron chi connectivity index (χ3n) is 1.41. The van der Waals surface area contributed by atoms with Crippen LogP contribution in [0, 0.1) is 0 Å². The van der Waals surface area contributed by atoms with E-state index in [2.05, 4.69) is 4.74 Å². The lowest BCUT2D eigenvalue weighted by atomic mass is 10.7. The standard InChI is InChI=1S/C6H14O4.C4H10O3.C2H6O2/c7-1-3-9-5-6-10-4-2-8;5-1-3-7-4-2-6;3-1-2-4/h7-8H,1-6H2;5-6H,1-4H2;3-4H,1-2H2. The normalized spacial score (nSPS) is 9.43. The Morgan fingerprint density at radius 3 is 0.762 bits per heavy atom. The Morgan fingerprint density at radius 2 is 0.571 bits per heavy atom. The van der Waals surface area contributed by atoms with E-state index in [1.165, 1.54) is 0 Å². The van der Waals surface area contributed by atoms with Gasteiger partial charge in [-0.25, -0.2) is 0 Å². The third-order valence-corrected chi connectivity index (χ3v) is 1.41. The summed E-state index contributed by atoms with van der Waals surface area (Å²) in [6, 6.07) is 0. The maximum atomic E-state index is 8.26. The number of ether oxygens (including phenoxy) is 3. The van der Waals surface area contributed by atoms with Crippen molar-refractivity contribution in [2.45, 2.75) is 0 Å². The summed E-state index contributed by atoms with van der Waals surface area (Å²) in [6.45, 7) is 2.17. The quantitative estimate of drug-likeness (QED) is 0.206. The molecule has 0 radical (unpaired) electrons. The highest BCUT2D eigenvalue weighted by molar-refractivity contribution is 4.30. The number of rotatable bonds is 12. The molecule has 132 valence electrons. The minimum Gasteiger partial charge on any atom is -0.394 e. The van der Waals surface area contributed by atoms with Gasteiger partial charge in [0.25, 0.3) is 0 Å². The van der Waals surface area contributed by atoms with Crippen LogP contribution in [-0.4, -0.2) is 110 Å². The fourth-order valence-corrected chi connectivity index (χ4v) is 0.682. The van der Waals surface area contributed by atoms with Gasteiger partial charge < -0.3 is 44.8 Å².